The molecule has 7 heavy (non-hydrogen) atoms. The Bertz CT molecular complexity index is 48.0. The Morgan fingerprint density at radius 1 is 1.43 bits per heavy atom. The lowest BCUT2D eigenvalue weighted by atomic mass is 10.2. The highest BCUT2D eigenvalue weighted by Gasteiger charge is 1.96. The first-order valence-electron chi connectivity index (χ1n) is 1.94. The van der Waals surface area contributed by atoms with Crippen LogP contribution in [0.15, 0.2) is 12.7 Å². The quantitative estimate of drug-likeness (QED) is 0.524. The van der Waals surface area contributed by atoms with Crippen LogP contribution in [0.5, 0.6) is 0 Å². The maximum atomic E-state index is 5.38. The molecule has 0 N–H and O–H groups in total. The fourth-order valence-electron chi connectivity index (χ4n) is 0.145. The summed E-state index contributed by atoms with van der Waals surface area (Å²) in [6.45, 7) is 3.50. The van der Waals surface area contributed by atoms with Gasteiger partial charge in [0, 0.05) is 17.7 Å². The predicted molar refractivity (Wildman–Crippen MR) is 34.9 cm³/mol. The van der Waals surface area contributed by atoms with Crippen LogP contribution in [0.1, 0.15) is 0 Å². The Morgan fingerprint density at radius 2 is 1.86 bits per heavy atom. The molecular weight excluding hydrogens is 131 g/mol. The van der Waals surface area contributed by atoms with E-state index in [4.69, 9.17) is 23.2 Å². The number of alkyl halides is 2. The molecule has 0 unspecified atom stereocenters. The van der Waals surface area contributed by atoms with Gasteiger partial charge in [0.1, 0.15) is 0 Å². The number of hydrogen-bond donors (Lipinski definition) is 0. The van der Waals surface area contributed by atoms with Gasteiger partial charge in [-0.2, -0.15) is 0 Å². The molecule has 41 valence electrons. The normalized spacial score (nSPS) is 9.57. The molecule has 2 heteroatoms. The second-order valence-electron chi connectivity index (χ2n) is 1.13. The van der Waals surface area contributed by atoms with Gasteiger partial charge in [-0.3, -0.25) is 0 Å². The number of allylic oxidation sites excluding steroid dienone is 1. The standard InChI is InChI=1S/C5H7Cl2/c1-2-5(3-6)4-7/h2H,1,3-4H2. The highest BCUT2D eigenvalue weighted by molar-refractivity contribution is 6.23. The van der Waals surface area contributed by atoms with Crippen molar-refractivity contribution < 1.29 is 0 Å². The van der Waals surface area contributed by atoms with E-state index in [2.05, 4.69) is 6.58 Å². The van der Waals surface area contributed by atoms with Crippen molar-refractivity contribution in [3.05, 3.63) is 18.6 Å². The molecule has 0 aliphatic heterocycles. The van der Waals surface area contributed by atoms with E-state index in [1.165, 1.54) is 0 Å². The van der Waals surface area contributed by atoms with Crippen molar-refractivity contribution in [1.82, 2.24) is 0 Å². The molecule has 0 amide bonds. The van der Waals surface area contributed by atoms with Gasteiger partial charge in [-0.25, -0.2) is 0 Å². The molecule has 0 aliphatic carbocycles. The fourth-order valence-corrected chi connectivity index (χ4v) is 0.649. The summed E-state index contributed by atoms with van der Waals surface area (Å²) in [6.07, 6.45) is 1.68. The second-order valence-corrected chi connectivity index (χ2v) is 1.66. The summed E-state index contributed by atoms with van der Waals surface area (Å²) in [5.74, 6) is 1.96. The number of halogens is 2. The van der Waals surface area contributed by atoms with Crippen LogP contribution < -0.4 is 0 Å². The zero-order valence-electron chi connectivity index (χ0n) is 3.95. The van der Waals surface area contributed by atoms with Gasteiger partial charge in [-0.15, -0.1) is 29.8 Å². The van der Waals surface area contributed by atoms with Crippen LogP contribution in [0.4, 0.5) is 0 Å². The maximum absolute atomic E-state index is 5.38. The Labute approximate surface area is 54.1 Å². The largest absolute Gasteiger partial charge is 0.126 e. The highest BCUT2D eigenvalue weighted by atomic mass is 35.5. The summed E-state index contributed by atoms with van der Waals surface area (Å²) in [5, 5.41) is 0. The van der Waals surface area contributed by atoms with Gasteiger partial charge >= 0.3 is 0 Å². The number of hydrogen-bond acceptors (Lipinski definition) is 0. The van der Waals surface area contributed by atoms with E-state index in [9.17, 15) is 0 Å². The minimum atomic E-state index is 0.493. The van der Waals surface area contributed by atoms with Crippen LogP contribution in [-0.4, -0.2) is 11.8 Å². The highest BCUT2D eigenvalue weighted by Crippen LogP contribution is 2.04. The lowest BCUT2D eigenvalue weighted by Gasteiger charge is -1.97. The molecule has 0 aromatic rings. The third-order valence-corrected chi connectivity index (χ3v) is 1.32. The Morgan fingerprint density at radius 3 is 1.86 bits per heavy atom. The SMILES string of the molecule is C=C[C](CCl)CCl. The van der Waals surface area contributed by atoms with Crippen LogP contribution >= 0.6 is 23.2 Å². The van der Waals surface area contributed by atoms with Crippen molar-refractivity contribution in [1.29, 1.82) is 0 Å². The predicted octanol–water partition coefficient (Wildman–Crippen LogP) is 2.22. The van der Waals surface area contributed by atoms with Gasteiger partial charge in [-0.1, -0.05) is 6.08 Å². The maximum Gasteiger partial charge on any atom is 0.0335 e. The molecule has 0 nitrogen and oxygen atoms in total. The smallest absolute Gasteiger partial charge is 0.0335 e. The summed E-state index contributed by atoms with van der Waals surface area (Å²) in [6, 6.07) is 0. The van der Waals surface area contributed by atoms with Gasteiger partial charge in [-0.05, 0) is 0 Å². The lowest BCUT2D eigenvalue weighted by Crippen LogP contribution is -1.94. The average Bonchev–Trinajstić information content (AvgIpc) is 1.72. The van der Waals surface area contributed by atoms with E-state index in [-0.39, 0.29) is 0 Å². The molecule has 0 spiro atoms. The Hall–Kier alpha value is 0.320. The zero-order valence-corrected chi connectivity index (χ0v) is 5.47. The van der Waals surface area contributed by atoms with E-state index >= 15 is 0 Å². The van der Waals surface area contributed by atoms with Gasteiger partial charge in [0.2, 0.25) is 0 Å². The summed E-state index contributed by atoms with van der Waals surface area (Å²) in [4.78, 5) is 0. The molecular formula is C5H7Cl2. The van der Waals surface area contributed by atoms with E-state index < -0.39 is 0 Å². The molecule has 0 aromatic carbocycles. The third-order valence-electron chi connectivity index (χ3n) is 0.632. The van der Waals surface area contributed by atoms with Crippen LogP contribution in [0.25, 0.3) is 0 Å². The van der Waals surface area contributed by atoms with Crippen LogP contribution in [-0.2, 0) is 0 Å². The van der Waals surface area contributed by atoms with Gasteiger partial charge < -0.3 is 0 Å². The summed E-state index contributed by atoms with van der Waals surface area (Å²) in [7, 11) is 0. The minimum Gasteiger partial charge on any atom is -0.126 e. The van der Waals surface area contributed by atoms with Crippen molar-refractivity contribution in [2.75, 3.05) is 11.8 Å². The van der Waals surface area contributed by atoms with Gasteiger partial charge in [0.15, 0.2) is 0 Å². The monoisotopic (exact) mass is 137 g/mol. The molecule has 0 saturated heterocycles. The topological polar surface area (TPSA) is 0 Å². The van der Waals surface area contributed by atoms with Crippen molar-refractivity contribution in [3.63, 3.8) is 0 Å². The Kier molecular flexibility index (Phi) is 4.68. The number of rotatable bonds is 3. The average molecular weight is 138 g/mol. The molecule has 0 atom stereocenters. The van der Waals surface area contributed by atoms with Gasteiger partial charge in [0.25, 0.3) is 0 Å². The second kappa shape index (κ2) is 4.48. The molecule has 0 aliphatic rings. The molecule has 0 fully saturated rings. The van der Waals surface area contributed by atoms with Gasteiger partial charge in [0.05, 0.1) is 0 Å². The molecule has 0 saturated carbocycles. The first-order chi connectivity index (χ1) is 3.35. The first kappa shape index (κ1) is 7.32. The molecule has 0 bridgehead atoms. The van der Waals surface area contributed by atoms with E-state index in [1.54, 1.807) is 6.08 Å². The van der Waals surface area contributed by atoms with E-state index in [1.807, 2.05) is 0 Å². The molecule has 1 radical (unpaired) electrons. The molecule has 0 aromatic heterocycles. The van der Waals surface area contributed by atoms with Crippen molar-refractivity contribution in [3.8, 4) is 0 Å². The van der Waals surface area contributed by atoms with E-state index in [0.717, 1.165) is 5.92 Å². The lowest BCUT2D eigenvalue weighted by molar-refractivity contribution is 1.23. The third kappa shape index (κ3) is 2.95. The zero-order chi connectivity index (χ0) is 5.70. The van der Waals surface area contributed by atoms with E-state index in [0.29, 0.717) is 11.8 Å². The summed E-state index contributed by atoms with van der Waals surface area (Å²) >= 11 is 10.8. The van der Waals surface area contributed by atoms with Crippen LogP contribution in [0.2, 0.25) is 0 Å². The molecule has 0 rings (SSSR count). The fraction of sp³-hybridized carbons (Fsp3) is 0.400. The van der Waals surface area contributed by atoms with Crippen molar-refractivity contribution >= 4 is 23.2 Å². The first-order valence-corrected chi connectivity index (χ1v) is 3.01. The Balaban J connectivity index is 3.16. The van der Waals surface area contributed by atoms with Crippen LogP contribution in [0.3, 0.4) is 0 Å². The van der Waals surface area contributed by atoms with Crippen molar-refractivity contribution in [2.45, 2.75) is 0 Å². The molecule has 0 heterocycles. The summed E-state index contributed by atoms with van der Waals surface area (Å²) < 4.78 is 0. The summed E-state index contributed by atoms with van der Waals surface area (Å²) in [5.41, 5.74) is 0. The minimum absolute atomic E-state index is 0.493. The van der Waals surface area contributed by atoms with Crippen LogP contribution in [0, 0.1) is 5.92 Å². The van der Waals surface area contributed by atoms with Crippen molar-refractivity contribution in [2.24, 2.45) is 0 Å².